The van der Waals surface area contributed by atoms with Gasteiger partial charge in [0.1, 0.15) is 0 Å². The number of carbonyl (C=O) groups excluding carboxylic acids is 1. The number of likely N-dealkylation sites (tertiary alicyclic amines) is 1. The molecule has 1 fully saturated rings. The van der Waals surface area contributed by atoms with Crippen molar-refractivity contribution in [1.29, 1.82) is 0 Å². The van der Waals surface area contributed by atoms with Crippen LogP contribution in [-0.4, -0.2) is 35.7 Å². The fraction of sp³-hybridized carbons (Fsp3) is 0.533. The van der Waals surface area contributed by atoms with E-state index in [4.69, 9.17) is 17.3 Å². The highest BCUT2D eigenvalue weighted by molar-refractivity contribution is 7.99. The molecule has 1 unspecified atom stereocenters. The number of thioether (sulfide) groups is 1. The van der Waals surface area contributed by atoms with Crippen molar-refractivity contribution in [2.24, 2.45) is 5.73 Å². The Kier molecular flexibility index (Phi) is 6.20. The molecule has 1 atom stereocenters. The molecule has 1 heterocycles. The minimum absolute atomic E-state index is 0.221. The number of piperidine rings is 1. The maximum atomic E-state index is 12.2. The third kappa shape index (κ3) is 4.40. The minimum atomic E-state index is 0.221. The van der Waals surface area contributed by atoms with Gasteiger partial charge in [-0.05, 0) is 37.0 Å². The molecule has 2 rings (SSSR count). The van der Waals surface area contributed by atoms with E-state index in [0.717, 1.165) is 30.2 Å². The fourth-order valence-corrected chi connectivity index (χ4v) is 3.49. The Balaban J connectivity index is 1.78. The van der Waals surface area contributed by atoms with Crippen LogP contribution >= 0.6 is 23.4 Å². The van der Waals surface area contributed by atoms with Crippen molar-refractivity contribution in [2.75, 3.05) is 18.8 Å². The van der Waals surface area contributed by atoms with E-state index in [1.807, 2.05) is 29.2 Å². The average Bonchev–Trinajstić information content (AvgIpc) is 2.49. The standard InChI is InChI=1S/C15H21ClN2OS/c16-13-6-4-12(5-7-13)10-20-11-15(19)18-8-2-1-3-14(18)9-17/h4-7,14H,1-3,8-11,17H2. The smallest absolute Gasteiger partial charge is 0.232 e. The molecule has 5 heteroatoms. The van der Waals surface area contributed by atoms with Crippen molar-refractivity contribution in [3.8, 4) is 0 Å². The molecule has 1 aliphatic heterocycles. The van der Waals surface area contributed by atoms with Gasteiger partial charge < -0.3 is 10.6 Å². The molecule has 1 saturated heterocycles. The Morgan fingerprint density at radius 2 is 2.10 bits per heavy atom. The summed E-state index contributed by atoms with van der Waals surface area (Å²) in [7, 11) is 0. The van der Waals surface area contributed by atoms with Gasteiger partial charge in [-0.25, -0.2) is 0 Å². The molecule has 0 saturated carbocycles. The first-order valence-corrected chi connectivity index (χ1v) is 8.55. The summed E-state index contributed by atoms with van der Waals surface area (Å²) < 4.78 is 0. The Labute approximate surface area is 129 Å². The number of benzene rings is 1. The average molecular weight is 313 g/mol. The minimum Gasteiger partial charge on any atom is -0.338 e. The van der Waals surface area contributed by atoms with E-state index < -0.39 is 0 Å². The maximum absolute atomic E-state index is 12.2. The molecular formula is C15H21ClN2OS. The van der Waals surface area contributed by atoms with Crippen molar-refractivity contribution in [3.63, 3.8) is 0 Å². The van der Waals surface area contributed by atoms with E-state index >= 15 is 0 Å². The number of hydrogen-bond acceptors (Lipinski definition) is 3. The Bertz CT molecular complexity index is 438. The SMILES string of the molecule is NCC1CCCCN1C(=O)CSCc1ccc(Cl)cc1. The topological polar surface area (TPSA) is 46.3 Å². The highest BCUT2D eigenvalue weighted by Gasteiger charge is 2.24. The van der Waals surface area contributed by atoms with E-state index in [9.17, 15) is 4.79 Å². The van der Waals surface area contributed by atoms with Crippen molar-refractivity contribution >= 4 is 29.3 Å². The van der Waals surface area contributed by atoms with Gasteiger partial charge in [-0.15, -0.1) is 11.8 Å². The molecule has 0 aromatic heterocycles. The zero-order chi connectivity index (χ0) is 14.4. The normalized spacial score (nSPS) is 19.1. The summed E-state index contributed by atoms with van der Waals surface area (Å²) in [6.45, 7) is 1.44. The number of rotatable bonds is 5. The number of amides is 1. The third-order valence-corrected chi connectivity index (χ3v) is 4.87. The summed E-state index contributed by atoms with van der Waals surface area (Å²) >= 11 is 7.50. The van der Waals surface area contributed by atoms with Gasteiger partial charge in [-0.1, -0.05) is 23.7 Å². The van der Waals surface area contributed by atoms with Gasteiger partial charge >= 0.3 is 0 Å². The Morgan fingerprint density at radius 3 is 2.80 bits per heavy atom. The summed E-state index contributed by atoms with van der Waals surface area (Å²) in [4.78, 5) is 14.2. The second-order valence-electron chi connectivity index (χ2n) is 5.09. The lowest BCUT2D eigenvalue weighted by Crippen LogP contribution is -2.48. The number of hydrogen-bond donors (Lipinski definition) is 1. The van der Waals surface area contributed by atoms with Gasteiger partial charge in [0.25, 0.3) is 0 Å². The predicted molar refractivity (Wildman–Crippen MR) is 86.0 cm³/mol. The largest absolute Gasteiger partial charge is 0.338 e. The highest BCUT2D eigenvalue weighted by Crippen LogP contribution is 2.19. The first kappa shape index (κ1) is 15.7. The zero-order valence-corrected chi connectivity index (χ0v) is 13.1. The lowest BCUT2D eigenvalue weighted by Gasteiger charge is -2.35. The molecule has 110 valence electrons. The molecule has 1 amide bonds. The first-order valence-electron chi connectivity index (χ1n) is 7.02. The highest BCUT2D eigenvalue weighted by atomic mass is 35.5. The van der Waals surface area contributed by atoms with Crippen LogP contribution in [0.15, 0.2) is 24.3 Å². The van der Waals surface area contributed by atoms with Crippen LogP contribution in [0.2, 0.25) is 5.02 Å². The second-order valence-corrected chi connectivity index (χ2v) is 6.51. The number of carbonyl (C=O) groups is 1. The summed E-state index contributed by atoms with van der Waals surface area (Å²) in [5.74, 6) is 1.59. The van der Waals surface area contributed by atoms with E-state index in [-0.39, 0.29) is 11.9 Å². The number of nitrogens with two attached hydrogens (primary N) is 1. The number of nitrogens with zero attached hydrogens (tertiary/aromatic N) is 1. The van der Waals surface area contributed by atoms with Gasteiger partial charge in [-0.2, -0.15) is 0 Å². The van der Waals surface area contributed by atoms with E-state index in [0.29, 0.717) is 12.3 Å². The molecule has 0 aliphatic carbocycles. The van der Waals surface area contributed by atoms with E-state index in [2.05, 4.69) is 0 Å². The van der Waals surface area contributed by atoms with Gasteiger partial charge in [-0.3, -0.25) is 4.79 Å². The van der Waals surface area contributed by atoms with Crippen LogP contribution in [0.4, 0.5) is 0 Å². The molecule has 1 aliphatic rings. The lowest BCUT2D eigenvalue weighted by molar-refractivity contribution is -0.131. The van der Waals surface area contributed by atoms with Crippen LogP contribution in [-0.2, 0) is 10.5 Å². The third-order valence-electron chi connectivity index (χ3n) is 3.63. The lowest BCUT2D eigenvalue weighted by atomic mass is 10.0. The van der Waals surface area contributed by atoms with Gasteiger partial charge in [0, 0.05) is 29.9 Å². The summed E-state index contributed by atoms with van der Waals surface area (Å²) in [6.07, 6.45) is 3.33. The second kappa shape index (κ2) is 7.91. The van der Waals surface area contributed by atoms with Crippen LogP contribution in [0.25, 0.3) is 0 Å². The molecule has 3 nitrogen and oxygen atoms in total. The molecular weight excluding hydrogens is 292 g/mol. The van der Waals surface area contributed by atoms with Gasteiger partial charge in [0.15, 0.2) is 0 Å². The summed E-state index contributed by atoms with van der Waals surface area (Å²) in [5.41, 5.74) is 6.95. The van der Waals surface area contributed by atoms with Gasteiger partial charge in [0.05, 0.1) is 5.75 Å². The van der Waals surface area contributed by atoms with Gasteiger partial charge in [0.2, 0.25) is 5.91 Å². The monoisotopic (exact) mass is 312 g/mol. The predicted octanol–water partition coefficient (Wildman–Crippen LogP) is 2.91. The Morgan fingerprint density at radius 1 is 1.35 bits per heavy atom. The van der Waals surface area contributed by atoms with Crippen molar-refractivity contribution in [1.82, 2.24) is 4.90 Å². The summed E-state index contributed by atoms with van der Waals surface area (Å²) in [5, 5.41) is 0.744. The first-order chi connectivity index (χ1) is 9.70. The van der Waals surface area contributed by atoms with Crippen molar-refractivity contribution in [3.05, 3.63) is 34.9 Å². The molecule has 20 heavy (non-hydrogen) atoms. The molecule has 1 aromatic carbocycles. The van der Waals surface area contributed by atoms with Crippen LogP contribution in [0.3, 0.4) is 0 Å². The number of halogens is 1. The fourth-order valence-electron chi connectivity index (χ4n) is 2.49. The Hall–Kier alpha value is -0.710. The zero-order valence-electron chi connectivity index (χ0n) is 11.6. The van der Waals surface area contributed by atoms with E-state index in [1.54, 1.807) is 11.8 Å². The van der Waals surface area contributed by atoms with Crippen LogP contribution in [0.1, 0.15) is 24.8 Å². The van der Waals surface area contributed by atoms with Crippen LogP contribution in [0.5, 0.6) is 0 Å². The molecule has 2 N–H and O–H groups in total. The quantitative estimate of drug-likeness (QED) is 0.909. The molecule has 0 radical (unpaired) electrons. The summed E-state index contributed by atoms with van der Waals surface area (Å²) in [6, 6.07) is 8.02. The van der Waals surface area contributed by atoms with Crippen LogP contribution < -0.4 is 5.73 Å². The maximum Gasteiger partial charge on any atom is 0.232 e. The molecule has 1 aromatic rings. The molecule has 0 bridgehead atoms. The van der Waals surface area contributed by atoms with Crippen molar-refractivity contribution in [2.45, 2.75) is 31.1 Å². The molecule has 0 spiro atoms. The van der Waals surface area contributed by atoms with E-state index in [1.165, 1.54) is 12.0 Å². The van der Waals surface area contributed by atoms with Crippen molar-refractivity contribution < 1.29 is 4.79 Å². The van der Waals surface area contributed by atoms with Crippen LogP contribution in [0, 0.1) is 0 Å².